The first-order valence-corrected chi connectivity index (χ1v) is 14.9. The minimum Gasteiger partial charge on any atom is -0.247 e. The molecule has 190 valence electrons. The van der Waals surface area contributed by atoms with E-state index in [0.29, 0.717) is 31.1 Å². The Morgan fingerprint density at radius 2 is 1.12 bits per heavy atom. The van der Waals surface area contributed by atoms with Gasteiger partial charge in [0.1, 0.15) is 18.5 Å². The fraction of sp³-hybridized carbons (Fsp3) is 0.931. The fourth-order valence-electron chi connectivity index (χ4n) is 8.23. The van der Waals surface area contributed by atoms with Crippen LogP contribution in [0.4, 0.5) is 13.2 Å². The lowest BCUT2D eigenvalue weighted by atomic mass is 9.63. The monoisotopic (exact) mass is 484 g/mol. The Bertz CT molecular complexity index is 596. The highest BCUT2D eigenvalue weighted by Gasteiger charge is 2.44. The topological polar surface area (TPSA) is 0 Å². The summed E-state index contributed by atoms with van der Waals surface area (Å²) in [5.74, 6) is 3.74. The van der Waals surface area contributed by atoms with Crippen LogP contribution in [0, 0.1) is 41.4 Å². The minimum absolute atomic E-state index is 0.105. The van der Waals surface area contributed by atoms with Crippen LogP contribution in [0.5, 0.6) is 0 Å². The summed E-state index contributed by atoms with van der Waals surface area (Å²) in [5, 5.41) is 0. The standard InChI is InChI=1S/C29H48F3P/c1-2-3-4-5-19-6-8-20(9-7-19)21-10-12-22(13-11-21)23-14-15-25(26(30)16-23)24-17-27(31)29(33)28(32)18-24/h2-3,19-29H,4-18,33H2,1H3/b3-2+. The SMILES string of the molecule is C/C=C/CCC1CCC(C2CCC(C3CCC(C4CC(F)C(P)C(F)C4)C(F)C3)CC2)CC1. The van der Waals surface area contributed by atoms with Gasteiger partial charge in [0.25, 0.3) is 0 Å². The van der Waals surface area contributed by atoms with Crippen molar-refractivity contribution in [2.75, 3.05) is 0 Å². The summed E-state index contributed by atoms with van der Waals surface area (Å²) in [6, 6.07) is 0. The van der Waals surface area contributed by atoms with E-state index in [0.717, 1.165) is 30.6 Å². The molecule has 0 aromatic carbocycles. The van der Waals surface area contributed by atoms with E-state index in [1.165, 1.54) is 64.2 Å². The summed E-state index contributed by atoms with van der Waals surface area (Å²) in [4.78, 5) is 0. The van der Waals surface area contributed by atoms with E-state index >= 15 is 4.39 Å². The molecule has 4 rings (SSSR count). The van der Waals surface area contributed by atoms with Crippen molar-refractivity contribution in [2.45, 2.75) is 127 Å². The zero-order valence-electron chi connectivity index (χ0n) is 20.8. The summed E-state index contributed by atoms with van der Waals surface area (Å²) in [6.07, 6.45) is 18.2. The summed E-state index contributed by atoms with van der Waals surface area (Å²) < 4.78 is 43.7. The second-order valence-corrected chi connectivity index (χ2v) is 13.0. The highest BCUT2D eigenvalue weighted by Crippen LogP contribution is 2.49. The van der Waals surface area contributed by atoms with E-state index in [1.54, 1.807) is 0 Å². The van der Waals surface area contributed by atoms with Crippen LogP contribution in [0.15, 0.2) is 12.2 Å². The lowest BCUT2D eigenvalue weighted by Gasteiger charge is -2.44. The largest absolute Gasteiger partial charge is 0.247 e. The lowest BCUT2D eigenvalue weighted by molar-refractivity contribution is 0.00897. The van der Waals surface area contributed by atoms with Gasteiger partial charge in [-0.05, 0) is 132 Å². The summed E-state index contributed by atoms with van der Waals surface area (Å²) in [5.41, 5.74) is -0.598. The van der Waals surface area contributed by atoms with Gasteiger partial charge >= 0.3 is 0 Å². The van der Waals surface area contributed by atoms with Crippen LogP contribution in [0.2, 0.25) is 0 Å². The predicted octanol–water partition coefficient (Wildman–Crippen LogP) is 9.04. The molecule has 4 aliphatic carbocycles. The van der Waals surface area contributed by atoms with Gasteiger partial charge in [0.15, 0.2) is 0 Å². The zero-order valence-corrected chi connectivity index (χ0v) is 22.0. The van der Waals surface area contributed by atoms with Crippen molar-refractivity contribution in [2.24, 2.45) is 41.4 Å². The van der Waals surface area contributed by atoms with Crippen LogP contribution in [0.3, 0.4) is 0 Å². The molecule has 4 fully saturated rings. The molecule has 4 saturated carbocycles. The Morgan fingerprint density at radius 1 is 0.636 bits per heavy atom. The van der Waals surface area contributed by atoms with E-state index in [4.69, 9.17) is 0 Å². The molecule has 33 heavy (non-hydrogen) atoms. The van der Waals surface area contributed by atoms with Gasteiger partial charge in [0, 0.05) is 5.66 Å². The van der Waals surface area contributed by atoms with Gasteiger partial charge < -0.3 is 0 Å². The molecule has 0 bridgehead atoms. The van der Waals surface area contributed by atoms with Crippen LogP contribution in [0.1, 0.15) is 103 Å². The minimum atomic E-state index is -1.13. The van der Waals surface area contributed by atoms with Gasteiger partial charge in [-0.2, -0.15) is 0 Å². The number of halogens is 3. The average molecular weight is 485 g/mol. The van der Waals surface area contributed by atoms with E-state index < -0.39 is 24.2 Å². The molecule has 0 aromatic heterocycles. The van der Waals surface area contributed by atoms with Crippen LogP contribution in [-0.2, 0) is 0 Å². The third-order valence-corrected chi connectivity index (χ3v) is 11.2. The Labute approximate surface area is 203 Å². The predicted molar refractivity (Wildman–Crippen MR) is 137 cm³/mol. The molecular weight excluding hydrogens is 436 g/mol. The quantitative estimate of drug-likeness (QED) is 0.261. The van der Waals surface area contributed by atoms with Crippen LogP contribution < -0.4 is 0 Å². The number of hydrogen-bond donors (Lipinski definition) is 0. The summed E-state index contributed by atoms with van der Waals surface area (Å²) in [6.45, 7) is 2.12. The van der Waals surface area contributed by atoms with Gasteiger partial charge in [0.05, 0.1) is 0 Å². The van der Waals surface area contributed by atoms with Gasteiger partial charge in [-0.25, -0.2) is 13.2 Å². The van der Waals surface area contributed by atoms with Gasteiger partial charge in [0.2, 0.25) is 0 Å². The van der Waals surface area contributed by atoms with Crippen LogP contribution in [0.25, 0.3) is 0 Å². The third-order valence-electron chi connectivity index (χ3n) is 10.4. The van der Waals surface area contributed by atoms with Crippen molar-refractivity contribution < 1.29 is 13.2 Å². The molecule has 4 heteroatoms. The second kappa shape index (κ2) is 12.3. The molecule has 0 aliphatic heterocycles. The number of alkyl halides is 3. The molecule has 0 aromatic rings. The maximum absolute atomic E-state index is 15.2. The smallest absolute Gasteiger partial charge is 0.109 e. The first-order valence-electron chi connectivity index (χ1n) is 14.2. The number of allylic oxidation sites excluding steroid dienone is 2. The Morgan fingerprint density at radius 3 is 1.67 bits per heavy atom. The molecule has 0 saturated heterocycles. The molecule has 0 N–H and O–H groups in total. The Kier molecular flexibility index (Phi) is 9.68. The highest BCUT2D eigenvalue weighted by molar-refractivity contribution is 7.17. The van der Waals surface area contributed by atoms with E-state index in [1.807, 2.05) is 0 Å². The number of hydrogen-bond acceptors (Lipinski definition) is 0. The maximum Gasteiger partial charge on any atom is 0.109 e. The molecule has 4 aliphatic rings. The van der Waals surface area contributed by atoms with Gasteiger partial charge in [-0.1, -0.05) is 25.0 Å². The molecule has 6 unspecified atom stereocenters. The van der Waals surface area contributed by atoms with E-state index in [2.05, 4.69) is 28.3 Å². The molecule has 0 spiro atoms. The van der Waals surface area contributed by atoms with Crippen molar-refractivity contribution in [3.63, 3.8) is 0 Å². The Balaban J connectivity index is 1.18. The second-order valence-electron chi connectivity index (χ2n) is 12.2. The summed E-state index contributed by atoms with van der Waals surface area (Å²) in [7, 11) is 2.33. The van der Waals surface area contributed by atoms with Crippen molar-refractivity contribution >= 4 is 9.24 Å². The maximum atomic E-state index is 15.2. The first kappa shape index (κ1) is 26.0. The van der Waals surface area contributed by atoms with Crippen LogP contribution in [-0.4, -0.2) is 24.2 Å². The molecule has 6 atom stereocenters. The fourth-order valence-corrected chi connectivity index (χ4v) is 8.54. The van der Waals surface area contributed by atoms with E-state index in [9.17, 15) is 8.78 Å². The third kappa shape index (κ3) is 6.59. The van der Waals surface area contributed by atoms with Crippen molar-refractivity contribution in [3.8, 4) is 0 Å². The molecule has 0 heterocycles. The zero-order chi connectivity index (χ0) is 23.4. The van der Waals surface area contributed by atoms with Gasteiger partial charge in [-0.3, -0.25) is 0 Å². The average Bonchev–Trinajstić information content (AvgIpc) is 2.83. The first-order chi connectivity index (χ1) is 16.0. The van der Waals surface area contributed by atoms with Crippen LogP contribution >= 0.6 is 9.24 Å². The molecule has 0 radical (unpaired) electrons. The molecular formula is C29H48F3P. The Hall–Kier alpha value is -0.0400. The van der Waals surface area contributed by atoms with Crippen molar-refractivity contribution in [1.82, 2.24) is 0 Å². The lowest BCUT2D eigenvalue weighted by Crippen LogP contribution is -2.43. The summed E-state index contributed by atoms with van der Waals surface area (Å²) >= 11 is 0. The van der Waals surface area contributed by atoms with Crippen molar-refractivity contribution in [3.05, 3.63) is 12.2 Å². The van der Waals surface area contributed by atoms with E-state index in [-0.39, 0.29) is 11.8 Å². The normalized spacial score (nSPS) is 47.6. The van der Waals surface area contributed by atoms with Crippen molar-refractivity contribution in [1.29, 1.82) is 0 Å². The molecule has 0 amide bonds. The van der Waals surface area contributed by atoms with Gasteiger partial charge in [-0.15, -0.1) is 9.24 Å². The highest BCUT2D eigenvalue weighted by atomic mass is 31.0. The number of rotatable bonds is 6. The molecule has 0 nitrogen and oxygen atoms in total.